The first kappa shape index (κ1) is 36.8. The van der Waals surface area contributed by atoms with Crippen LogP contribution in [0.2, 0.25) is 0 Å². The number of rotatable bonds is 12. The van der Waals surface area contributed by atoms with Gasteiger partial charge in [0.05, 0.1) is 12.2 Å². The van der Waals surface area contributed by atoms with Gasteiger partial charge in [0.15, 0.2) is 0 Å². The predicted octanol–water partition coefficient (Wildman–Crippen LogP) is 4.93. The van der Waals surface area contributed by atoms with Gasteiger partial charge in [0.2, 0.25) is 11.9 Å². The number of hydrogen-bond acceptors (Lipinski definition) is 11. The van der Waals surface area contributed by atoms with Crippen molar-refractivity contribution in [3.05, 3.63) is 65.7 Å². The lowest BCUT2D eigenvalue weighted by molar-refractivity contribution is 0.0692. The Hall–Kier alpha value is -4.44. The van der Waals surface area contributed by atoms with Gasteiger partial charge in [-0.15, -0.1) is 0 Å². The third kappa shape index (κ3) is 11.5. The van der Waals surface area contributed by atoms with Crippen LogP contribution in [0.15, 0.2) is 59.5 Å². The molecule has 16 heteroatoms. The summed E-state index contributed by atoms with van der Waals surface area (Å²) in [4.78, 5) is 48.3. The number of sulfonamides is 1. The Balaban J connectivity index is 0.000000341. The fourth-order valence-corrected chi connectivity index (χ4v) is 5.70. The van der Waals surface area contributed by atoms with Crippen LogP contribution < -0.4 is 20.1 Å². The van der Waals surface area contributed by atoms with E-state index >= 15 is 0 Å². The Morgan fingerprint density at radius 2 is 1.58 bits per heavy atom. The number of aromatic nitrogens is 3. The maximum absolute atomic E-state index is 12.3. The molecule has 1 atom stereocenters. The topological polar surface area (TPSA) is 193 Å². The minimum absolute atomic E-state index is 0.0776. The predicted molar refractivity (Wildman–Crippen MR) is 173 cm³/mol. The van der Waals surface area contributed by atoms with E-state index < -0.39 is 32.5 Å². The number of carbonyl (C=O) groups excluding carboxylic acids is 2. The molecule has 1 aromatic heterocycles. The molecule has 45 heavy (non-hydrogen) atoms. The van der Waals surface area contributed by atoms with Crippen LogP contribution in [-0.2, 0) is 15.8 Å². The molecule has 0 fully saturated rings. The normalized spacial score (nSPS) is 11.4. The number of benzene rings is 2. The van der Waals surface area contributed by atoms with Gasteiger partial charge in [0.25, 0.3) is 15.3 Å². The van der Waals surface area contributed by atoms with Crippen molar-refractivity contribution in [1.82, 2.24) is 24.6 Å². The van der Waals surface area contributed by atoms with Crippen LogP contribution in [0.3, 0.4) is 0 Å². The lowest BCUT2D eigenvalue weighted by Gasteiger charge is -2.30. The Labute approximate surface area is 267 Å². The van der Waals surface area contributed by atoms with Crippen molar-refractivity contribution in [2.24, 2.45) is 5.92 Å². The standard InChI is InChI=1S/C15H23NOS.C14H16N6O6S/c1-5-16(13(4)12(2)3)15(17)18-11-14-9-7-6-8-10-14;1-3-26-14-18-11(15-2)16-12(19-14)17-13(23)20-27(24,25)9-7-5-4-6-8(9)10(21)22/h6-10,12-13H,5,11H2,1-4H3;4-7H,3H2,1-2H3,(H,21,22)(H3,15,16,17,18,19,20,23). The first-order valence-corrected chi connectivity index (χ1v) is 16.5. The van der Waals surface area contributed by atoms with Crippen LogP contribution in [0.5, 0.6) is 6.01 Å². The molecule has 0 saturated carbocycles. The highest BCUT2D eigenvalue weighted by molar-refractivity contribution is 8.12. The minimum atomic E-state index is -4.45. The Morgan fingerprint density at radius 1 is 0.956 bits per heavy atom. The zero-order valence-electron chi connectivity index (χ0n) is 26.0. The lowest BCUT2D eigenvalue weighted by Crippen LogP contribution is -2.39. The number of ether oxygens (including phenoxy) is 1. The average Bonchev–Trinajstić information content (AvgIpc) is 3.00. The molecule has 0 bridgehead atoms. The van der Waals surface area contributed by atoms with Crippen molar-refractivity contribution in [2.45, 2.75) is 51.3 Å². The summed E-state index contributed by atoms with van der Waals surface area (Å²) in [5, 5.41) is 14.0. The van der Waals surface area contributed by atoms with E-state index in [-0.39, 0.29) is 29.8 Å². The van der Waals surface area contributed by atoms with E-state index in [2.05, 4.69) is 58.5 Å². The maximum atomic E-state index is 12.3. The molecule has 0 aliphatic rings. The summed E-state index contributed by atoms with van der Waals surface area (Å²) in [6.07, 6.45) is 0. The average molecular weight is 662 g/mol. The molecule has 14 nitrogen and oxygen atoms in total. The van der Waals surface area contributed by atoms with Crippen LogP contribution >= 0.6 is 11.8 Å². The Morgan fingerprint density at radius 3 is 2.16 bits per heavy atom. The van der Waals surface area contributed by atoms with E-state index in [4.69, 9.17) is 9.84 Å². The molecule has 0 aliphatic carbocycles. The molecule has 0 saturated heterocycles. The molecule has 0 radical (unpaired) electrons. The van der Waals surface area contributed by atoms with Gasteiger partial charge < -0.3 is 20.1 Å². The zero-order valence-corrected chi connectivity index (χ0v) is 27.6. The summed E-state index contributed by atoms with van der Waals surface area (Å²) in [6, 6.07) is 14.0. The number of hydrogen-bond donors (Lipinski definition) is 4. The van der Waals surface area contributed by atoms with Crippen molar-refractivity contribution in [3.8, 4) is 6.01 Å². The summed E-state index contributed by atoms with van der Waals surface area (Å²) in [6.45, 7) is 11.2. The van der Waals surface area contributed by atoms with Gasteiger partial charge in [0, 0.05) is 25.4 Å². The molecule has 4 N–H and O–H groups in total. The van der Waals surface area contributed by atoms with E-state index in [1.807, 2.05) is 30.0 Å². The fraction of sp³-hybridized carbons (Fsp3) is 0.379. The smallest absolute Gasteiger partial charge is 0.337 e. The molecule has 244 valence electrons. The molecule has 2 aromatic carbocycles. The van der Waals surface area contributed by atoms with Crippen LogP contribution in [-0.4, -0.2) is 76.9 Å². The number of anilines is 2. The van der Waals surface area contributed by atoms with E-state index in [0.717, 1.165) is 24.4 Å². The number of aromatic carboxylic acids is 1. The minimum Gasteiger partial charge on any atom is -0.478 e. The summed E-state index contributed by atoms with van der Waals surface area (Å²) < 4.78 is 31.5. The van der Waals surface area contributed by atoms with Crippen molar-refractivity contribution < 1.29 is 32.6 Å². The quantitative estimate of drug-likeness (QED) is 0.205. The monoisotopic (exact) mass is 661 g/mol. The number of carbonyl (C=O) groups is 3. The molecule has 3 rings (SSSR count). The molecule has 0 aliphatic heterocycles. The van der Waals surface area contributed by atoms with Gasteiger partial charge in [-0.3, -0.25) is 10.1 Å². The van der Waals surface area contributed by atoms with Crippen molar-refractivity contribution >= 4 is 50.9 Å². The summed E-state index contributed by atoms with van der Waals surface area (Å²) in [5.41, 5.74) is 0.721. The number of carboxylic acids is 1. The van der Waals surface area contributed by atoms with Gasteiger partial charge in [-0.05, 0) is 44.4 Å². The second-order valence-corrected chi connectivity index (χ2v) is 12.2. The van der Waals surface area contributed by atoms with Gasteiger partial charge in [0.1, 0.15) is 4.90 Å². The second-order valence-electron chi connectivity index (χ2n) is 9.62. The summed E-state index contributed by atoms with van der Waals surface area (Å²) >= 11 is 1.39. The SMILES string of the molecule is CCN(C(=O)SCc1ccccc1)C(C)C(C)C.CCOc1nc(NC)nc(NC(=O)NS(=O)(=O)c2ccccc2C(=O)O)n1. The van der Waals surface area contributed by atoms with E-state index in [9.17, 15) is 22.8 Å². The molecule has 1 unspecified atom stereocenters. The summed E-state index contributed by atoms with van der Waals surface area (Å²) in [5.74, 6) is -0.388. The number of nitrogens with one attached hydrogen (secondary N) is 3. The van der Waals surface area contributed by atoms with E-state index in [1.54, 1.807) is 11.6 Å². The Kier molecular flexibility index (Phi) is 14.5. The number of urea groups is 1. The maximum Gasteiger partial charge on any atom is 0.337 e. The molecule has 1 heterocycles. The molecule has 3 amide bonds. The zero-order chi connectivity index (χ0) is 33.6. The molecular formula is C29H39N7O7S2. The third-order valence-electron chi connectivity index (χ3n) is 6.21. The number of carboxylic acid groups (broad SMARTS) is 1. The lowest BCUT2D eigenvalue weighted by atomic mass is 10.1. The summed E-state index contributed by atoms with van der Waals surface area (Å²) in [7, 11) is -2.92. The molecular weight excluding hydrogens is 622 g/mol. The van der Waals surface area contributed by atoms with Crippen molar-refractivity contribution in [2.75, 3.05) is 30.8 Å². The van der Waals surface area contributed by atoms with Gasteiger partial charge in [-0.2, -0.15) is 15.0 Å². The first-order chi connectivity index (χ1) is 21.3. The largest absolute Gasteiger partial charge is 0.478 e. The van der Waals surface area contributed by atoms with Crippen LogP contribution in [0, 0.1) is 5.92 Å². The highest BCUT2D eigenvalue weighted by Gasteiger charge is 2.25. The Bertz CT molecular complexity index is 1540. The highest BCUT2D eigenvalue weighted by atomic mass is 32.2. The molecule has 3 aromatic rings. The first-order valence-electron chi connectivity index (χ1n) is 14.0. The van der Waals surface area contributed by atoms with Crippen LogP contribution in [0.4, 0.5) is 21.5 Å². The van der Waals surface area contributed by atoms with E-state index in [1.165, 1.54) is 36.5 Å². The molecule has 0 spiro atoms. The number of amides is 3. The number of thioether (sulfide) groups is 1. The third-order valence-corrected chi connectivity index (χ3v) is 8.56. The highest BCUT2D eigenvalue weighted by Crippen LogP contribution is 2.20. The van der Waals surface area contributed by atoms with Gasteiger partial charge >= 0.3 is 18.0 Å². The van der Waals surface area contributed by atoms with Crippen LogP contribution in [0.25, 0.3) is 0 Å². The van der Waals surface area contributed by atoms with Gasteiger partial charge in [-0.25, -0.2) is 22.7 Å². The van der Waals surface area contributed by atoms with Gasteiger partial charge in [-0.1, -0.05) is 68.1 Å². The van der Waals surface area contributed by atoms with E-state index in [0.29, 0.717) is 12.0 Å². The second kappa shape index (κ2) is 17.8. The van der Waals surface area contributed by atoms with Crippen LogP contribution in [0.1, 0.15) is 50.5 Å². The number of nitrogens with zero attached hydrogens (tertiary/aromatic N) is 4. The van der Waals surface area contributed by atoms with Crippen molar-refractivity contribution in [3.63, 3.8) is 0 Å². The fourth-order valence-electron chi connectivity index (χ4n) is 3.65. The van der Waals surface area contributed by atoms with Crippen molar-refractivity contribution in [1.29, 1.82) is 0 Å².